The highest BCUT2D eigenvalue weighted by Crippen LogP contribution is 2.22. The van der Waals surface area contributed by atoms with Crippen LogP contribution in [-0.4, -0.2) is 29.8 Å². The van der Waals surface area contributed by atoms with Crippen molar-refractivity contribution in [3.63, 3.8) is 0 Å². The van der Waals surface area contributed by atoms with E-state index in [1.165, 1.54) is 0 Å². The van der Waals surface area contributed by atoms with Gasteiger partial charge in [-0.05, 0) is 13.5 Å². The Morgan fingerprint density at radius 3 is 2.88 bits per heavy atom. The molecule has 0 saturated heterocycles. The van der Waals surface area contributed by atoms with Gasteiger partial charge in [0, 0.05) is 23.9 Å². The van der Waals surface area contributed by atoms with Gasteiger partial charge in [-0.3, -0.25) is 4.90 Å². The van der Waals surface area contributed by atoms with Crippen LogP contribution in [0.3, 0.4) is 0 Å². The quantitative estimate of drug-likeness (QED) is 0.687. The van der Waals surface area contributed by atoms with Crippen LogP contribution in [0.2, 0.25) is 0 Å². The zero-order chi connectivity index (χ0) is 12.0. The largest absolute Gasteiger partial charge is 0.303 e. The summed E-state index contributed by atoms with van der Waals surface area (Å²) in [5.74, 6) is 0. The van der Waals surface area contributed by atoms with Crippen molar-refractivity contribution in [3.05, 3.63) is 16.6 Å². The summed E-state index contributed by atoms with van der Waals surface area (Å²) >= 11 is 1.61. The van der Waals surface area contributed by atoms with Crippen LogP contribution < -0.4 is 0 Å². The first kappa shape index (κ1) is 13.3. The van der Waals surface area contributed by atoms with Gasteiger partial charge in [-0.15, -0.1) is 11.3 Å². The fourth-order valence-corrected chi connectivity index (χ4v) is 2.56. The predicted molar refractivity (Wildman–Crippen MR) is 67.5 cm³/mol. The monoisotopic (exact) mass is 240 g/mol. The third kappa shape index (κ3) is 4.02. The fraction of sp³-hybridized carbons (Fsp3) is 0.667. The maximum atomic E-state index is 11.1. The number of aromatic nitrogens is 1. The molecular weight excluding hydrogens is 220 g/mol. The number of thiazole rings is 1. The van der Waals surface area contributed by atoms with Crippen LogP contribution in [0.25, 0.3) is 0 Å². The Balaban J connectivity index is 2.48. The molecular formula is C12H20N2OS. The first-order valence-electron chi connectivity index (χ1n) is 5.61. The average molecular weight is 240 g/mol. The summed E-state index contributed by atoms with van der Waals surface area (Å²) in [6.45, 7) is 5.75. The van der Waals surface area contributed by atoms with Crippen molar-refractivity contribution in [2.24, 2.45) is 5.41 Å². The van der Waals surface area contributed by atoms with E-state index in [0.717, 1.165) is 37.9 Å². The Morgan fingerprint density at radius 2 is 2.38 bits per heavy atom. The zero-order valence-corrected chi connectivity index (χ0v) is 11.1. The molecule has 16 heavy (non-hydrogen) atoms. The zero-order valence-electron chi connectivity index (χ0n) is 10.3. The Labute approximate surface area is 101 Å². The average Bonchev–Trinajstić information content (AvgIpc) is 2.70. The van der Waals surface area contributed by atoms with Crippen LogP contribution in [0, 0.1) is 5.41 Å². The Bertz CT molecular complexity index is 313. The molecule has 0 aromatic carbocycles. The summed E-state index contributed by atoms with van der Waals surface area (Å²) < 4.78 is 0. The molecule has 1 aromatic heterocycles. The van der Waals surface area contributed by atoms with Gasteiger partial charge in [0.15, 0.2) is 0 Å². The smallest absolute Gasteiger partial charge is 0.127 e. The third-order valence-corrected chi connectivity index (χ3v) is 3.29. The molecule has 90 valence electrons. The van der Waals surface area contributed by atoms with Crippen LogP contribution in [0.1, 0.15) is 32.4 Å². The molecule has 0 spiro atoms. The van der Waals surface area contributed by atoms with E-state index in [4.69, 9.17) is 0 Å². The van der Waals surface area contributed by atoms with Crippen molar-refractivity contribution in [2.75, 3.05) is 13.6 Å². The van der Waals surface area contributed by atoms with Crippen LogP contribution in [0.15, 0.2) is 10.9 Å². The molecule has 4 heteroatoms. The molecule has 1 heterocycles. The highest BCUT2D eigenvalue weighted by molar-refractivity contribution is 7.07. The van der Waals surface area contributed by atoms with Gasteiger partial charge >= 0.3 is 0 Å². The SMILES string of the molecule is CCCC(C)(C=O)CN(C)Cc1cscn1. The maximum absolute atomic E-state index is 11.1. The minimum Gasteiger partial charge on any atom is -0.303 e. The van der Waals surface area contributed by atoms with E-state index in [0.29, 0.717) is 0 Å². The summed E-state index contributed by atoms with van der Waals surface area (Å²) in [6.07, 6.45) is 3.08. The lowest BCUT2D eigenvalue weighted by Gasteiger charge is -2.28. The van der Waals surface area contributed by atoms with E-state index in [9.17, 15) is 4.79 Å². The van der Waals surface area contributed by atoms with Crippen LogP contribution in [0.5, 0.6) is 0 Å². The molecule has 0 N–H and O–H groups in total. The van der Waals surface area contributed by atoms with E-state index in [2.05, 4.69) is 22.2 Å². The summed E-state index contributed by atoms with van der Waals surface area (Å²) in [5.41, 5.74) is 2.70. The molecule has 1 unspecified atom stereocenters. The summed E-state index contributed by atoms with van der Waals surface area (Å²) in [7, 11) is 2.04. The number of nitrogens with zero attached hydrogens (tertiary/aromatic N) is 2. The number of carbonyl (C=O) groups is 1. The Morgan fingerprint density at radius 1 is 1.62 bits per heavy atom. The molecule has 0 amide bonds. The molecule has 1 atom stereocenters. The lowest BCUT2D eigenvalue weighted by atomic mass is 9.87. The molecule has 0 aliphatic heterocycles. The topological polar surface area (TPSA) is 33.2 Å². The number of hydrogen-bond donors (Lipinski definition) is 0. The number of carbonyl (C=O) groups excluding carboxylic acids is 1. The molecule has 3 nitrogen and oxygen atoms in total. The molecule has 1 rings (SSSR count). The molecule has 0 bridgehead atoms. The van der Waals surface area contributed by atoms with Crippen molar-refractivity contribution in [1.82, 2.24) is 9.88 Å². The summed E-state index contributed by atoms with van der Waals surface area (Å²) in [5, 5.41) is 2.05. The van der Waals surface area contributed by atoms with Gasteiger partial charge in [0.25, 0.3) is 0 Å². The number of aldehydes is 1. The highest BCUT2D eigenvalue weighted by atomic mass is 32.1. The van der Waals surface area contributed by atoms with Gasteiger partial charge in [0.2, 0.25) is 0 Å². The summed E-state index contributed by atoms with van der Waals surface area (Å²) in [4.78, 5) is 17.5. The fourth-order valence-electron chi connectivity index (χ4n) is 2.01. The predicted octanol–water partition coefficient (Wildman–Crippen LogP) is 2.58. The van der Waals surface area contributed by atoms with Crippen LogP contribution in [-0.2, 0) is 11.3 Å². The minimum absolute atomic E-state index is 0.223. The second-order valence-electron chi connectivity index (χ2n) is 4.67. The first-order chi connectivity index (χ1) is 7.59. The normalized spacial score (nSPS) is 15.0. The van der Waals surface area contributed by atoms with Gasteiger partial charge < -0.3 is 4.79 Å². The van der Waals surface area contributed by atoms with Gasteiger partial charge in [0.05, 0.1) is 11.2 Å². The van der Waals surface area contributed by atoms with Gasteiger partial charge in [-0.2, -0.15) is 0 Å². The van der Waals surface area contributed by atoms with Crippen LogP contribution >= 0.6 is 11.3 Å². The van der Waals surface area contributed by atoms with Crippen molar-refractivity contribution >= 4 is 17.6 Å². The van der Waals surface area contributed by atoms with Crippen molar-refractivity contribution in [2.45, 2.75) is 33.2 Å². The molecule has 0 saturated carbocycles. The Hall–Kier alpha value is -0.740. The van der Waals surface area contributed by atoms with Crippen molar-refractivity contribution in [1.29, 1.82) is 0 Å². The minimum atomic E-state index is -0.223. The van der Waals surface area contributed by atoms with E-state index in [-0.39, 0.29) is 5.41 Å². The lowest BCUT2D eigenvalue weighted by Crippen LogP contribution is -2.34. The molecule has 0 aliphatic carbocycles. The number of rotatable bonds is 7. The van der Waals surface area contributed by atoms with Gasteiger partial charge in [0.1, 0.15) is 6.29 Å². The Kier molecular flexibility index (Phi) is 5.09. The molecule has 0 aliphatic rings. The molecule has 0 radical (unpaired) electrons. The van der Waals surface area contributed by atoms with E-state index < -0.39 is 0 Å². The molecule has 0 fully saturated rings. The highest BCUT2D eigenvalue weighted by Gasteiger charge is 2.24. The molecule has 1 aromatic rings. The van der Waals surface area contributed by atoms with Crippen molar-refractivity contribution < 1.29 is 4.79 Å². The lowest BCUT2D eigenvalue weighted by molar-refractivity contribution is -0.116. The second-order valence-corrected chi connectivity index (χ2v) is 5.39. The van der Waals surface area contributed by atoms with E-state index in [1.807, 2.05) is 19.5 Å². The van der Waals surface area contributed by atoms with Gasteiger partial charge in [-0.1, -0.05) is 20.3 Å². The van der Waals surface area contributed by atoms with E-state index in [1.54, 1.807) is 11.3 Å². The summed E-state index contributed by atoms with van der Waals surface area (Å²) in [6, 6.07) is 0. The second kappa shape index (κ2) is 6.11. The van der Waals surface area contributed by atoms with Crippen molar-refractivity contribution in [3.8, 4) is 0 Å². The standard InChI is InChI=1S/C12H20N2OS/c1-4-5-12(2,9-15)8-14(3)6-11-7-16-10-13-11/h7,9-10H,4-6,8H2,1-3H3. The maximum Gasteiger partial charge on any atom is 0.127 e. The van der Waals surface area contributed by atoms with Gasteiger partial charge in [-0.25, -0.2) is 4.98 Å². The van der Waals surface area contributed by atoms with Crippen LogP contribution in [0.4, 0.5) is 0 Å². The number of hydrogen-bond acceptors (Lipinski definition) is 4. The van der Waals surface area contributed by atoms with E-state index >= 15 is 0 Å². The first-order valence-corrected chi connectivity index (χ1v) is 6.56. The third-order valence-electron chi connectivity index (χ3n) is 2.65.